The Balaban J connectivity index is 1.94. The van der Waals surface area contributed by atoms with Crippen LogP contribution in [0.2, 0.25) is 5.02 Å². The summed E-state index contributed by atoms with van der Waals surface area (Å²) in [7, 11) is 0. The van der Waals surface area contributed by atoms with Crippen LogP contribution < -0.4 is 5.32 Å². The van der Waals surface area contributed by atoms with Crippen LogP contribution in [0.1, 0.15) is 51.6 Å². The van der Waals surface area contributed by atoms with Crippen LogP contribution in [0.3, 0.4) is 0 Å². The third kappa shape index (κ3) is 3.49. The van der Waals surface area contributed by atoms with Gasteiger partial charge in [0.25, 0.3) is 0 Å². The molecule has 1 N–H and O–H groups in total. The zero-order valence-corrected chi connectivity index (χ0v) is 12.4. The fourth-order valence-electron chi connectivity index (χ4n) is 3.08. The molecule has 0 radical (unpaired) electrons. The van der Waals surface area contributed by atoms with Gasteiger partial charge in [-0.05, 0) is 55.7 Å². The molecule has 4 atom stereocenters. The van der Waals surface area contributed by atoms with E-state index in [1.165, 1.54) is 24.8 Å². The highest BCUT2D eigenvalue weighted by atomic mass is 35.5. The van der Waals surface area contributed by atoms with Crippen molar-refractivity contribution in [2.75, 3.05) is 0 Å². The van der Waals surface area contributed by atoms with Gasteiger partial charge in [0.15, 0.2) is 0 Å². The van der Waals surface area contributed by atoms with Crippen molar-refractivity contribution in [3.05, 3.63) is 34.9 Å². The van der Waals surface area contributed by atoms with Crippen molar-refractivity contribution in [3.8, 4) is 0 Å². The highest BCUT2D eigenvalue weighted by molar-refractivity contribution is 6.30. The van der Waals surface area contributed by atoms with Crippen LogP contribution in [-0.4, -0.2) is 6.04 Å². The van der Waals surface area contributed by atoms with E-state index in [-0.39, 0.29) is 0 Å². The average Bonchev–Trinajstić information content (AvgIpc) is 2.33. The zero-order valence-electron chi connectivity index (χ0n) is 11.6. The van der Waals surface area contributed by atoms with Crippen molar-refractivity contribution in [2.45, 2.75) is 52.1 Å². The van der Waals surface area contributed by atoms with Crippen molar-refractivity contribution >= 4 is 11.6 Å². The molecular weight excluding hydrogens is 242 g/mol. The second-order valence-electron chi connectivity index (χ2n) is 5.94. The highest BCUT2D eigenvalue weighted by Gasteiger charge is 2.26. The smallest absolute Gasteiger partial charge is 0.0406 e. The van der Waals surface area contributed by atoms with E-state index in [4.69, 9.17) is 11.6 Å². The summed E-state index contributed by atoms with van der Waals surface area (Å²) in [5.74, 6) is 1.67. The SMILES string of the molecule is CC1CCC(NC(C)c2ccc(Cl)cc2)C(C)C1. The zero-order chi connectivity index (χ0) is 13.1. The molecule has 1 saturated carbocycles. The molecule has 2 rings (SSSR count). The molecule has 1 fully saturated rings. The Bertz CT molecular complexity index is 373. The quantitative estimate of drug-likeness (QED) is 0.827. The summed E-state index contributed by atoms with van der Waals surface area (Å²) < 4.78 is 0. The fourth-order valence-corrected chi connectivity index (χ4v) is 3.21. The topological polar surface area (TPSA) is 12.0 Å². The van der Waals surface area contributed by atoms with Gasteiger partial charge in [-0.25, -0.2) is 0 Å². The van der Waals surface area contributed by atoms with Gasteiger partial charge in [0, 0.05) is 17.1 Å². The van der Waals surface area contributed by atoms with Gasteiger partial charge in [0.2, 0.25) is 0 Å². The second-order valence-corrected chi connectivity index (χ2v) is 6.38. The van der Waals surface area contributed by atoms with E-state index in [0.717, 1.165) is 16.9 Å². The molecule has 0 spiro atoms. The minimum Gasteiger partial charge on any atom is -0.307 e. The maximum absolute atomic E-state index is 5.93. The van der Waals surface area contributed by atoms with Crippen LogP contribution >= 0.6 is 11.6 Å². The van der Waals surface area contributed by atoms with Gasteiger partial charge in [-0.1, -0.05) is 37.6 Å². The summed E-state index contributed by atoms with van der Waals surface area (Å²) in [6.45, 7) is 6.99. The number of hydrogen-bond acceptors (Lipinski definition) is 1. The van der Waals surface area contributed by atoms with E-state index >= 15 is 0 Å². The first-order valence-electron chi connectivity index (χ1n) is 7.07. The molecule has 100 valence electrons. The molecule has 2 heteroatoms. The first-order chi connectivity index (χ1) is 8.56. The lowest BCUT2D eigenvalue weighted by molar-refractivity contribution is 0.216. The molecule has 1 nitrogen and oxygen atoms in total. The van der Waals surface area contributed by atoms with Crippen LogP contribution in [0.15, 0.2) is 24.3 Å². The van der Waals surface area contributed by atoms with Crippen molar-refractivity contribution in [1.82, 2.24) is 5.32 Å². The highest BCUT2D eigenvalue weighted by Crippen LogP contribution is 2.30. The predicted octanol–water partition coefficient (Wildman–Crippen LogP) is 4.82. The average molecular weight is 266 g/mol. The minimum atomic E-state index is 0.406. The van der Waals surface area contributed by atoms with E-state index in [1.807, 2.05) is 12.1 Å². The van der Waals surface area contributed by atoms with Crippen LogP contribution in [0, 0.1) is 11.8 Å². The monoisotopic (exact) mass is 265 g/mol. The number of hydrogen-bond donors (Lipinski definition) is 1. The predicted molar refractivity (Wildman–Crippen MR) is 79.0 cm³/mol. The molecule has 1 aliphatic rings. The Morgan fingerprint density at radius 2 is 1.83 bits per heavy atom. The van der Waals surface area contributed by atoms with Crippen molar-refractivity contribution in [3.63, 3.8) is 0 Å². The van der Waals surface area contributed by atoms with Crippen molar-refractivity contribution in [1.29, 1.82) is 0 Å². The van der Waals surface area contributed by atoms with Gasteiger partial charge >= 0.3 is 0 Å². The molecule has 1 aromatic carbocycles. The number of benzene rings is 1. The maximum Gasteiger partial charge on any atom is 0.0406 e. The van der Waals surface area contributed by atoms with Crippen LogP contribution in [0.5, 0.6) is 0 Å². The first-order valence-corrected chi connectivity index (χ1v) is 7.45. The number of nitrogens with one attached hydrogen (secondary N) is 1. The maximum atomic E-state index is 5.93. The Labute approximate surface area is 116 Å². The fraction of sp³-hybridized carbons (Fsp3) is 0.625. The molecule has 0 bridgehead atoms. The molecule has 1 aliphatic carbocycles. The molecule has 1 aromatic rings. The van der Waals surface area contributed by atoms with Crippen molar-refractivity contribution < 1.29 is 0 Å². The summed E-state index contributed by atoms with van der Waals surface area (Å²) in [6, 6.07) is 9.25. The molecule has 0 heterocycles. The Kier molecular flexibility index (Phi) is 4.69. The summed E-state index contributed by atoms with van der Waals surface area (Å²) in [5, 5.41) is 4.59. The lowest BCUT2D eigenvalue weighted by Crippen LogP contribution is -2.40. The van der Waals surface area contributed by atoms with Gasteiger partial charge in [-0.2, -0.15) is 0 Å². The third-order valence-electron chi connectivity index (χ3n) is 4.27. The molecular formula is C16H24ClN. The molecule has 0 aliphatic heterocycles. The van der Waals surface area contributed by atoms with E-state index in [0.29, 0.717) is 12.1 Å². The van der Waals surface area contributed by atoms with Crippen LogP contribution in [0.4, 0.5) is 0 Å². The molecule has 18 heavy (non-hydrogen) atoms. The van der Waals surface area contributed by atoms with Gasteiger partial charge in [0.05, 0.1) is 0 Å². The second kappa shape index (κ2) is 6.08. The first kappa shape index (κ1) is 13.9. The summed E-state index contributed by atoms with van der Waals surface area (Å²) in [5.41, 5.74) is 1.32. The summed E-state index contributed by atoms with van der Waals surface area (Å²) >= 11 is 5.93. The molecule has 4 unspecified atom stereocenters. The van der Waals surface area contributed by atoms with E-state index < -0.39 is 0 Å². The normalized spacial score (nSPS) is 30.1. The van der Waals surface area contributed by atoms with Gasteiger partial charge in [-0.15, -0.1) is 0 Å². The van der Waals surface area contributed by atoms with Gasteiger partial charge < -0.3 is 5.32 Å². The Hall–Kier alpha value is -0.530. The molecule has 0 aromatic heterocycles. The Morgan fingerprint density at radius 3 is 2.44 bits per heavy atom. The number of rotatable bonds is 3. The van der Waals surface area contributed by atoms with Gasteiger partial charge in [0.1, 0.15) is 0 Å². The van der Waals surface area contributed by atoms with E-state index in [9.17, 15) is 0 Å². The summed E-state index contributed by atoms with van der Waals surface area (Å²) in [6.07, 6.45) is 4.01. The lowest BCUT2D eigenvalue weighted by Gasteiger charge is -2.35. The third-order valence-corrected chi connectivity index (χ3v) is 4.52. The van der Waals surface area contributed by atoms with Crippen molar-refractivity contribution in [2.24, 2.45) is 11.8 Å². The summed E-state index contributed by atoms with van der Waals surface area (Å²) in [4.78, 5) is 0. The largest absolute Gasteiger partial charge is 0.307 e. The minimum absolute atomic E-state index is 0.406. The molecule has 0 amide bonds. The van der Waals surface area contributed by atoms with Crippen LogP contribution in [-0.2, 0) is 0 Å². The van der Waals surface area contributed by atoms with E-state index in [2.05, 4.69) is 38.2 Å². The van der Waals surface area contributed by atoms with E-state index in [1.54, 1.807) is 0 Å². The Morgan fingerprint density at radius 1 is 1.17 bits per heavy atom. The standard InChI is InChI=1S/C16H24ClN/c1-11-4-9-16(12(2)10-11)18-13(3)14-5-7-15(17)8-6-14/h5-8,11-13,16,18H,4,9-10H2,1-3H3. The number of halogens is 1. The van der Waals surface area contributed by atoms with Gasteiger partial charge in [-0.3, -0.25) is 0 Å². The molecule has 0 saturated heterocycles. The lowest BCUT2D eigenvalue weighted by atomic mass is 9.79. The van der Waals surface area contributed by atoms with Crippen LogP contribution in [0.25, 0.3) is 0 Å².